The number of aromatic nitrogens is 1. The lowest BCUT2D eigenvalue weighted by atomic mass is 9.93. The molecular formula is C22H29N3O3. The van der Waals surface area contributed by atoms with Crippen LogP contribution in [-0.4, -0.2) is 41.3 Å². The van der Waals surface area contributed by atoms with Crippen LogP contribution in [0.1, 0.15) is 43.7 Å². The Morgan fingerprint density at radius 2 is 2.04 bits per heavy atom. The lowest BCUT2D eigenvalue weighted by molar-refractivity contribution is 0.112. The van der Waals surface area contributed by atoms with Crippen LogP contribution >= 0.6 is 0 Å². The van der Waals surface area contributed by atoms with Crippen LogP contribution in [0, 0.1) is 5.41 Å². The molecule has 150 valence electrons. The second-order valence-corrected chi connectivity index (χ2v) is 7.11. The molecular weight excluding hydrogens is 354 g/mol. The van der Waals surface area contributed by atoms with Crippen LogP contribution in [-0.2, 0) is 11.2 Å². The van der Waals surface area contributed by atoms with E-state index in [-0.39, 0.29) is 12.0 Å². The van der Waals surface area contributed by atoms with Crippen molar-refractivity contribution in [3.8, 4) is 11.6 Å². The standard InChI is InChI=1S/C22H29N3O3/c1-2-27-22(23)17-8-11-21(25-15-17)28-20-9-6-16(7-10-20)12-13-24-18-4-3-5-19(26)14-18/h6-11,15,18-19,23-24,26H,2-5,12-14H2,1H3. The van der Waals surface area contributed by atoms with Gasteiger partial charge in [0.1, 0.15) is 5.75 Å². The summed E-state index contributed by atoms with van der Waals surface area (Å²) in [4.78, 5) is 4.23. The van der Waals surface area contributed by atoms with Gasteiger partial charge < -0.3 is 19.9 Å². The van der Waals surface area contributed by atoms with E-state index in [2.05, 4.69) is 22.4 Å². The van der Waals surface area contributed by atoms with Gasteiger partial charge in [-0.3, -0.25) is 5.41 Å². The van der Waals surface area contributed by atoms with Crippen LogP contribution in [0.15, 0.2) is 42.6 Å². The zero-order valence-electron chi connectivity index (χ0n) is 16.4. The minimum atomic E-state index is -0.143. The first-order chi connectivity index (χ1) is 13.6. The molecule has 3 N–H and O–H groups in total. The largest absolute Gasteiger partial charge is 0.478 e. The molecule has 1 aliphatic rings. The maximum atomic E-state index is 9.74. The number of pyridine rings is 1. The number of aliphatic hydroxyl groups excluding tert-OH is 1. The van der Waals surface area contributed by atoms with E-state index in [1.165, 1.54) is 5.56 Å². The lowest BCUT2D eigenvalue weighted by Gasteiger charge is -2.26. The SMILES string of the molecule is CCOC(=N)c1ccc(Oc2ccc(CCNC3CCCC(O)C3)cc2)nc1. The predicted octanol–water partition coefficient (Wildman–Crippen LogP) is 3.67. The van der Waals surface area contributed by atoms with Gasteiger partial charge in [0.2, 0.25) is 11.8 Å². The monoisotopic (exact) mass is 383 g/mol. The molecule has 1 heterocycles. The number of benzene rings is 1. The summed E-state index contributed by atoms with van der Waals surface area (Å²) in [7, 11) is 0. The number of nitrogens with zero attached hydrogens (tertiary/aromatic N) is 1. The second kappa shape index (κ2) is 10.2. The summed E-state index contributed by atoms with van der Waals surface area (Å²) in [5, 5.41) is 21.0. The minimum absolute atomic E-state index is 0.113. The molecule has 1 aromatic heterocycles. The van der Waals surface area contributed by atoms with Crippen LogP contribution in [0.4, 0.5) is 0 Å². The van der Waals surface area contributed by atoms with E-state index in [4.69, 9.17) is 14.9 Å². The van der Waals surface area contributed by atoms with Crippen molar-refractivity contribution in [2.75, 3.05) is 13.2 Å². The van der Waals surface area contributed by atoms with Crippen molar-refractivity contribution in [3.63, 3.8) is 0 Å². The maximum absolute atomic E-state index is 9.74. The molecule has 1 aromatic carbocycles. The first-order valence-corrected chi connectivity index (χ1v) is 10.00. The van der Waals surface area contributed by atoms with E-state index in [0.29, 0.717) is 24.1 Å². The molecule has 1 fully saturated rings. The molecule has 6 heteroatoms. The lowest BCUT2D eigenvalue weighted by Crippen LogP contribution is -2.37. The van der Waals surface area contributed by atoms with Gasteiger partial charge in [0.05, 0.1) is 18.3 Å². The van der Waals surface area contributed by atoms with Gasteiger partial charge in [-0.05, 0) is 69.3 Å². The Bertz CT molecular complexity index is 747. The molecule has 1 aliphatic carbocycles. The summed E-state index contributed by atoms with van der Waals surface area (Å²) in [6.07, 6.45) is 6.44. The second-order valence-electron chi connectivity index (χ2n) is 7.11. The highest BCUT2D eigenvalue weighted by Gasteiger charge is 2.19. The third kappa shape index (κ3) is 6.04. The van der Waals surface area contributed by atoms with E-state index in [9.17, 15) is 5.11 Å². The topological polar surface area (TPSA) is 87.5 Å². The molecule has 0 radical (unpaired) electrons. The van der Waals surface area contributed by atoms with Crippen LogP contribution in [0.3, 0.4) is 0 Å². The summed E-state index contributed by atoms with van der Waals surface area (Å²) < 4.78 is 10.9. The Morgan fingerprint density at radius 3 is 2.71 bits per heavy atom. The Hall–Kier alpha value is -2.44. The van der Waals surface area contributed by atoms with Crippen molar-refractivity contribution < 1.29 is 14.6 Å². The van der Waals surface area contributed by atoms with Crippen LogP contribution in [0.5, 0.6) is 11.6 Å². The van der Waals surface area contributed by atoms with E-state index >= 15 is 0 Å². The van der Waals surface area contributed by atoms with E-state index in [1.807, 2.05) is 19.1 Å². The number of hydrogen-bond donors (Lipinski definition) is 3. The molecule has 28 heavy (non-hydrogen) atoms. The van der Waals surface area contributed by atoms with E-state index in [0.717, 1.165) is 44.4 Å². The third-order valence-electron chi connectivity index (χ3n) is 4.93. The molecule has 3 rings (SSSR count). The van der Waals surface area contributed by atoms with Gasteiger partial charge in [-0.25, -0.2) is 4.98 Å². The highest BCUT2D eigenvalue weighted by molar-refractivity contribution is 5.91. The van der Waals surface area contributed by atoms with Gasteiger partial charge in [0.25, 0.3) is 0 Å². The van der Waals surface area contributed by atoms with Gasteiger partial charge >= 0.3 is 0 Å². The smallest absolute Gasteiger partial charge is 0.219 e. The normalized spacial score (nSPS) is 19.2. The van der Waals surface area contributed by atoms with Crippen molar-refractivity contribution in [1.82, 2.24) is 10.3 Å². The summed E-state index contributed by atoms with van der Waals surface area (Å²) in [6, 6.07) is 11.9. The average Bonchev–Trinajstić information content (AvgIpc) is 2.70. The summed E-state index contributed by atoms with van der Waals surface area (Å²) in [6.45, 7) is 3.22. The van der Waals surface area contributed by atoms with E-state index in [1.54, 1.807) is 18.3 Å². The number of nitrogens with one attached hydrogen (secondary N) is 2. The summed E-state index contributed by atoms with van der Waals surface area (Å²) in [5.41, 5.74) is 1.87. The van der Waals surface area contributed by atoms with Gasteiger partial charge in [-0.2, -0.15) is 0 Å². The first kappa shape index (κ1) is 20.3. The highest BCUT2D eigenvalue weighted by Crippen LogP contribution is 2.21. The Labute approximate surface area is 166 Å². The summed E-state index contributed by atoms with van der Waals surface area (Å²) in [5.74, 6) is 1.33. The molecule has 1 saturated carbocycles. The number of ether oxygens (including phenoxy) is 2. The van der Waals surface area contributed by atoms with Crippen LogP contribution < -0.4 is 10.1 Å². The van der Waals surface area contributed by atoms with Crippen LogP contribution in [0.2, 0.25) is 0 Å². The fourth-order valence-electron chi connectivity index (χ4n) is 3.42. The fourth-order valence-corrected chi connectivity index (χ4v) is 3.42. The van der Waals surface area contributed by atoms with Gasteiger partial charge in [0.15, 0.2) is 0 Å². The van der Waals surface area contributed by atoms with Crippen LogP contribution in [0.25, 0.3) is 0 Å². The number of rotatable bonds is 8. The molecule has 0 saturated heterocycles. The maximum Gasteiger partial charge on any atom is 0.219 e. The van der Waals surface area contributed by atoms with Crippen molar-refractivity contribution in [2.45, 2.75) is 51.2 Å². The first-order valence-electron chi connectivity index (χ1n) is 10.00. The Balaban J connectivity index is 1.45. The molecule has 2 aromatic rings. The molecule has 6 nitrogen and oxygen atoms in total. The average molecular weight is 383 g/mol. The van der Waals surface area contributed by atoms with Gasteiger partial charge in [-0.1, -0.05) is 12.1 Å². The number of aliphatic hydroxyl groups is 1. The molecule has 0 spiro atoms. The Morgan fingerprint density at radius 1 is 1.21 bits per heavy atom. The minimum Gasteiger partial charge on any atom is -0.478 e. The molecule has 0 amide bonds. The van der Waals surface area contributed by atoms with Gasteiger partial charge in [-0.15, -0.1) is 0 Å². The van der Waals surface area contributed by atoms with Crippen molar-refractivity contribution in [3.05, 3.63) is 53.7 Å². The van der Waals surface area contributed by atoms with Crippen molar-refractivity contribution >= 4 is 5.90 Å². The molecule has 2 unspecified atom stereocenters. The van der Waals surface area contributed by atoms with Gasteiger partial charge in [0, 0.05) is 18.3 Å². The Kier molecular flexibility index (Phi) is 7.39. The molecule has 2 atom stereocenters. The highest BCUT2D eigenvalue weighted by atomic mass is 16.5. The van der Waals surface area contributed by atoms with Crippen molar-refractivity contribution in [2.24, 2.45) is 0 Å². The molecule has 0 aliphatic heterocycles. The zero-order valence-corrected chi connectivity index (χ0v) is 16.4. The van der Waals surface area contributed by atoms with E-state index < -0.39 is 0 Å². The zero-order chi connectivity index (χ0) is 19.8. The molecule has 0 bridgehead atoms. The van der Waals surface area contributed by atoms with Crippen molar-refractivity contribution in [1.29, 1.82) is 5.41 Å². The third-order valence-corrected chi connectivity index (χ3v) is 4.93. The number of hydrogen-bond acceptors (Lipinski definition) is 6. The fraction of sp³-hybridized carbons (Fsp3) is 0.455. The quantitative estimate of drug-likeness (QED) is 0.478. The summed E-state index contributed by atoms with van der Waals surface area (Å²) >= 11 is 0. The predicted molar refractivity (Wildman–Crippen MR) is 109 cm³/mol.